The van der Waals surface area contributed by atoms with E-state index >= 15 is 0 Å². The van der Waals surface area contributed by atoms with Crippen molar-refractivity contribution in [2.45, 2.75) is 46.6 Å². The summed E-state index contributed by atoms with van der Waals surface area (Å²) in [6.45, 7) is 9.80. The summed E-state index contributed by atoms with van der Waals surface area (Å²) < 4.78 is 2.39. The first-order valence-electron chi connectivity index (χ1n) is 10.6. The van der Waals surface area contributed by atoms with Gasteiger partial charge in [-0.05, 0) is 48.1 Å². The normalized spacial score (nSPS) is 12.6. The number of aromatic nitrogens is 2. The molecule has 29 heavy (non-hydrogen) atoms. The zero-order chi connectivity index (χ0) is 20.4. The Morgan fingerprint density at radius 1 is 0.828 bits per heavy atom. The topological polar surface area (TPSA) is 17.8 Å². The lowest BCUT2D eigenvalue weighted by Gasteiger charge is -2.16. The van der Waals surface area contributed by atoms with Gasteiger partial charge in [0.25, 0.3) is 0 Å². The van der Waals surface area contributed by atoms with E-state index in [9.17, 15) is 0 Å². The van der Waals surface area contributed by atoms with Crippen molar-refractivity contribution in [1.29, 1.82) is 0 Å². The van der Waals surface area contributed by atoms with E-state index in [0.717, 1.165) is 24.3 Å². The minimum Gasteiger partial charge on any atom is -0.323 e. The van der Waals surface area contributed by atoms with E-state index in [0.29, 0.717) is 5.92 Å². The molecule has 148 valence electrons. The summed E-state index contributed by atoms with van der Waals surface area (Å²) in [4.78, 5) is 5.04. The van der Waals surface area contributed by atoms with Crippen molar-refractivity contribution < 1.29 is 0 Å². The van der Waals surface area contributed by atoms with Crippen molar-refractivity contribution >= 4 is 11.0 Å². The van der Waals surface area contributed by atoms with Crippen molar-refractivity contribution in [2.24, 2.45) is 5.92 Å². The smallest absolute Gasteiger partial charge is 0.117 e. The van der Waals surface area contributed by atoms with Crippen LogP contribution in [-0.4, -0.2) is 9.55 Å². The average Bonchev–Trinajstić information content (AvgIpc) is 3.06. The van der Waals surface area contributed by atoms with Gasteiger partial charge in [-0.2, -0.15) is 0 Å². The Kier molecular flexibility index (Phi) is 5.53. The molecule has 0 unspecified atom stereocenters. The standard InChI is InChI=1S/C27H30N2/c1-19(2)16-22-12-14-24(15-13-22)21(4)27-28-25-10-5-6-11-26(25)29(27)18-23-9-7-8-20(3)17-23/h5-15,17,19,21H,16,18H2,1-4H3/t21-/m1/s1. The number of hydrogen-bond acceptors (Lipinski definition) is 1. The molecule has 0 N–H and O–H groups in total. The predicted octanol–water partition coefficient (Wildman–Crippen LogP) is 6.74. The summed E-state index contributed by atoms with van der Waals surface area (Å²) in [6.07, 6.45) is 1.13. The Morgan fingerprint density at radius 2 is 1.59 bits per heavy atom. The molecule has 3 aromatic carbocycles. The van der Waals surface area contributed by atoms with Crippen LogP contribution in [0.1, 0.15) is 54.8 Å². The van der Waals surface area contributed by atoms with Gasteiger partial charge in [0.15, 0.2) is 0 Å². The number of hydrogen-bond donors (Lipinski definition) is 0. The van der Waals surface area contributed by atoms with E-state index in [1.165, 1.54) is 27.8 Å². The maximum absolute atomic E-state index is 5.04. The van der Waals surface area contributed by atoms with Gasteiger partial charge in [0.2, 0.25) is 0 Å². The SMILES string of the molecule is Cc1cccc(Cn2c([C@H](C)c3ccc(CC(C)C)cc3)nc3ccccc32)c1. The van der Waals surface area contributed by atoms with Gasteiger partial charge in [0.05, 0.1) is 11.0 Å². The monoisotopic (exact) mass is 382 g/mol. The minimum atomic E-state index is 0.236. The molecule has 4 aromatic rings. The fourth-order valence-electron chi connectivity index (χ4n) is 4.15. The Labute approximate surface area is 174 Å². The van der Waals surface area contributed by atoms with Gasteiger partial charge in [-0.3, -0.25) is 0 Å². The largest absolute Gasteiger partial charge is 0.323 e. The molecule has 0 amide bonds. The molecule has 0 spiro atoms. The number of rotatable bonds is 6. The number of imidazole rings is 1. The van der Waals surface area contributed by atoms with Crippen LogP contribution in [0.15, 0.2) is 72.8 Å². The second kappa shape index (κ2) is 8.24. The van der Waals surface area contributed by atoms with E-state index in [-0.39, 0.29) is 5.92 Å². The molecule has 1 aromatic heterocycles. The Balaban J connectivity index is 1.72. The van der Waals surface area contributed by atoms with Gasteiger partial charge < -0.3 is 4.57 Å². The maximum Gasteiger partial charge on any atom is 0.117 e. The second-order valence-corrected chi connectivity index (χ2v) is 8.60. The van der Waals surface area contributed by atoms with Crippen LogP contribution in [0, 0.1) is 12.8 Å². The highest BCUT2D eigenvalue weighted by atomic mass is 15.1. The molecule has 0 bridgehead atoms. The van der Waals surface area contributed by atoms with Crippen LogP contribution < -0.4 is 0 Å². The molecule has 0 aliphatic heterocycles. The summed E-state index contributed by atoms with van der Waals surface area (Å²) in [7, 11) is 0. The van der Waals surface area contributed by atoms with Crippen LogP contribution in [0.5, 0.6) is 0 Å². The number of aryl methyl sites for hydroxylation is 1. The lowest BCUT2D eigenvalue weighted by molar-refractivity contribution is 0.646. The molecule has 0 aliphatic carbocycles. The summed E-state index contributed by atoms with van der Waals surface area (Å²) in [5, 5.41) is 0. The third-order valence-electron chi connectivity index (χ3n) is 5.62. The fourth-order valence-corrected chi connectivity index (χ4v) is 4.15. The first-order valence-corrected chi connectivity index (χ1v) is 10.6. The van der Waals surface area contributed by atoms with E-state index in [4.69, 9.17) is 4.98 Å². The highest BCUT2D eigenvalue weighted by Crippen LogP contribution is 2.28. The third kappa shape index (κ3) is 4.27. The molecule has 2 heteroatoms. The number of nitrogens with zero attached hydrogens (tertiary/aromatic N) is 2. The number of para-hydroxylation sites is 2. The quantitative estimate of drug-likeness (QED) is 0.361. The number of benzene rings is 3. The summed E-state index contributed by atoms with van der Waals surface area (Å²) >= 11 is 0. The van der Waals surface area contributed by atoms with Gasteiger partial charge >= 0.3 is 0 Å². The average molecular weight is 383 g/mol. The van der Waals surface area contributed by atoms with E-state index in [1.54, 1.807) is 0 Å². The van der Waals surface area contributed by atoms with Crippen molar-refractivity contribution in [3.05, 3.63) is 101 Å². The first kappa shape index (κ1) is 19.4. The molecule has 4 rings (SSSR count). The van der Waals surface area contributed by atoms with Gasteiger partial charge in [0.1, 0.15) is 5.82 Å². The van der Waals surface area contributed by atoms with Crippen LogP contribution >= 0.6 is 0 Å². The van der Waals surface area contributed by atoms with Gasteiger partial charge in [0, 0.05) is 12.5 Å². The van der Waals surface area contributed by atoms with E-state index in [1.807, 2.05) is 0 Å². The summed E-state index contributed by atoms with van der Waals surface area (Å²) in [5.41, 5.74) is 7.60. The second-order valence-electron chi connectivity index (χ2n) is 8.60. The van der Waals surface area contributed by atoms with E-state index in [2.05, 4.69) is 105 Å². The van der Waals surface area contributed by atoms with Crippen LogP contribution in [-0.2, 0) is 13.0 Å². The molecule has 1 atom stereocenters. The molecule has 0 aliphatic rings. The van der Waals surface area contributed by atoms with Crippen molar-refractivity contribution in [1.82, 2.24) is 9.55 Å². The molecule has 1 heterocycles. The zero-order valence-electron chi connectivity index (χ0n) is 17.9. The third-order valence-corrected chi connectivity index (χ3v) is 5.62. The lowest BCUT2D eigenvalue weighted by atomic mass is 9.96. The molecular formula is C27H30N2. The number of fused-ring (bicyclic) bond motifs is 1. The highest BCUT2D eigenvalue weighted by Gasteiger charge is 2.18. The van der Waals surface area contributed by atoms with Crippen LogP contribution in [0.2, 0.25) is 0 Å². The molecule has 0 fully saturated rings. The Morgan fingerprint density at radius 3 is 2.31 bits per heavy atom. The van der Waals surface area contributed by atoms with Crippen LogP contribution in [0.3, 0.4) is 0 Å². The van der Waals surface area contributed by atoms with Gasteiger partial charge in [-0.25, -0.2) is 4.98 Å². The summed E-state index contributed by atoms with van der Waals surface area (Å²) in [5.74, 6) is 2.04. The van der Waals surface area contributed by atoms with Crippen LogP contribution in [0.25, 0.3) is 11.0 Å². The van der Waals surface area contributed by atoms with Crippen molar-refractivity contribution in [2.75, 3.05) is 0 Å². The maximum atomic E-state index is 5.04. The van der Waals surface area contributed by atoms with Crippen molar-refractivity contribution in [3.8, 4) is 0 Å². The molecule has 0 radical (unpaired) electrons. The first-order chi connectivity index (χ1) is 14.0. The molecular weight excluding hydrogens is 352 g/mol. The van der Waals surface area contributed by atoms with E-state index < -0.39 is 0 Å². The Hall–Kier alpha value is -2.87. The van der Waals surface area contributed by atoms with Gasteiger partial charge in [-0.1, -0.05) is 87.0 Å². The lowest BCUT2D eigenvalue weighted by Crippen LogP contribution is -2.09. The molecule has 0 saturated heterocycles. The zero-order valence-corrected chi connectivity index (χ0v) is 17.9. The fraction of sp³-hybridized carbons (Fsp3) is 0.296. The van der Waals surface area contributed by atoms with Crippen LogP contribution in [0.4, 0.5) is 0 Å². The highest BCUT2D eigenvalue weighted by molar-refractivity contribution is 5.76. The predicted molar refractivity (Wildman–Crippen MR) is 123 cm³/mol. The van der Waals surface area contributed by atoms with Gasteiger partial charge in [-0.15, -0.1) is 0 Å². The summed E-state index contributed by atoms with van der Waals surface area (Å²) in [6, 6.07) is 26.3. The minimum absolute atomic E-state index is 0.236. The van der Waals surface area contributed by atoms with Crippen molar-refractivity contribution in [3.63, 3.8) is 0 Å². The Bertz CT molecular complexity index is 1100. The molecule has 0 saturated carbocycles. The molecule has 2 nitrogen and oxygen atoms in total.